The molecule has 7 heteroatoms. The molecule has 0 radical (unpaired) electrons. The zero-order chi connectivity index (χ0) is 12.6. The highest BCUT2D eigenvalue weighted by molar-refractivity contribution is 6.62. The summed E-state index contributed by atoms with van der Waals surface area (Å²) in [6, 6.07) is 0. The molecule has 0 unspecified atom stereocenters. The Kier molecular flexibility index (Phi) is 6.50. The Balaban J connectivity index is 4.74. The van der Waals surface area contributed by atoms with E-state index in [9.17, 15) is 14.4 Å². The molecule has 90 valence electrons. The van der Waals surface area contributed by atoms with Crippen LogP contribution in [-0.4, -0.2) is 36.8 Å². The molecule has 0 spiro atoms. The van der Waals surface area contributed by atoms with Crippen LogP contribution in [0.3, 0.4) is 0 Å². The molecule has 0 aliphatic carbocycles. The molecule has 7 nitrogen and oxygen atoms in total. The molecule has 0 saturated heterocycles. The SMILES string of the molecule is CCOC(=O)C(=NOC(C)=O)C(=O)OCC. The first-order valence-corrected chi connectivity index (χ1v) is 4.62. The van der Waals surface area contributed by atoms with E-state index in [1.165, 1.54) is 0 Å². The lowest BCUT2D eigenvalue weighted by atomic mass is 10.4. The minimum Gasteiger partial charge on any atom is -0.461 e. The van der Waals surface area contributed by atoms with Gasteiger partial charge in [0, 0.05) is 6.92 Å². The molecule has 0 aromatic rings. The maximum atomic E-state index is 11.2. The standard InChI is InChI=1S/C9H13NO6/c1-4-14-8(12)7(9(13)15-5-2)10-16-6(3)11/h4-5H2,1-3H3. The van der Waals surface area contributed by atoms with E-state index in [-0.39, 0.29) is 13.2 Å². The van der Waals surface area contributed by atoms with Crippen LogP contribution in [-0.2, 0) is 28.7 Å². The van der Waals surface area contributed by atoms with Gasteiger partial charge in [-0.15, -0.1) is 0 Å². The Bertz CT molecular complexity index is 289. The lowest BCUT2D eigenvalue weighted by molar-refractivity contribution is -0.142. The molecule has 16 heavy (non-hydrogen) atoms. The third-order valence-corrected chi connectivity index (χ3v) is 1.20. The molecule has 0 rings (SSSR count). The van der Waals surface area contributed by atoms with Crippen molar-refractivity contribution in [3.05, 3.63) is 0 Å². The van der Waals surface area contributed by atoms with Crippen molar-refractivity contribution >= 4 is 23.6 Å². The van der Waals surface area contributed by atoms with Crippen LogP contribution in [0.1, 0.15) is 20.8 Å². The van der Waals surface area contributed by atoms with Gasteiger partial charge in [-0.2, -0.15) is 0 Å². The van der Waals surface area contributed by atoms with Gasteiger partial charge in [0.05, 0.1) is 13.2 Å². The summed E-state index contributed by atoms with van der Waals surface area (Å²) in [7, 11) is 0. The highest BCUT2D eigenvalue weighted by atomic mass is 16.7. The number of hydrogen-bond acceptors (Lipinski definition) is 7. The van der Waals surface area contributed by atoms with Gasteiger partial charge in [-0.05, 0) is 13.8 Å². The van der Waals surface area contributed by atoms with E-state index in [0.29, 0.717) is 0 Å². The number of nitrogens with zero attached hydrogens (tertiary/aromatic N) is 1. The summed E-state index contributed by atoms with van der Waals surface area (Å²) in [5, 5.41) is 3.08. The van der Waals surface area contributed by atoms with Crippen LogP contribution in [0.15, 0.2) is 5.16 Å². The fourth-order valence-electron chi connectivity index (χ4n) is 0.667. The average molecular weight is 231 g/mol. The Hall–Kier alpha value is -1.92. The maximum absolute atomic E-state index is 11.2. The fraction of sp³-hybridized carbons (Fsp3) is 0.556. The van der Waals surface area contributed by atoms with Gasteiger partial charge < -0.3 is 14.3 Å². The Labute approximate surface area is 92.3 Å². The highest BCUT2D eigenvalue weighted by Gasteiger charge is 2.24. The first kappa shape index (κ1) is 14.1. The molecular formula is C9H13NO6. The highest BCUT2D eigenvalue weighted by Crippen LogP contribution is 1.92. The second kappa shape index (κ2) is 7.38. The molecule has 0 heterocycles. The van der Waals surface area contributed by atoms with Crippen LogP contribution in [0.5, 0.6) is 0 Å². The van der Waals surface area contributed by atoms with Crippen molar-refractivity contribution in [1.82, 2.24) is 0 Å². The van der Waals surface area contributed by atoms with Gasteiger partial charge in [-0.25, -0.2) is 14.4 Å². The van der Waals surface area contributed by atoms with Crippen LogP contribution in [0, 0.1) is 0 Å². The van der Waals surface area contributed by atoms with E-state index in [4.69, 9.17) is 0 Å². The molecule has 0 aromatic carbocycles. The molecule has 0 amide bonds. The fourth-order valence-corrected chi connectivity index (χ4v) is 0.667. The predicted octanol–water partition coefficient (Wildman–Crippen LogP) is 0.0317. The number of hydrogen-bond donors (Lipinski definition) is 0. The van der Waals surface area contributed by atoms with Crippen molar-refractivity contribution in [2.75, 3.05) is 13.2 Å². The van der Waals surface area contributed by atoms with E-state index in [0.717, 1.165) is 6.92 Å². The maximum Gasteiger partial charge on any atom is 0.368 e. The van der Waals surface area contributed by atoms with E-state index >= 15 is 0 Å². The van der Waals surface area contributed by atoms with Gasteiger partial charge >= 0.3 is 17.9 Å². The smallest absolute Gasteiger partial charge is 0.368 e. The van der Waals surface area contributed by atoms with Crippen LogP contribution >= 0.6 is 0 Å². The number of esters is 2. The van der Waals surface area contributed by atoms with Gasteiger partial charge in [0.15, 0.2) is 0 Å². The Morgan fingerprint density at radius 3 is 1.75 bits per heavy atom. The third-order valence-electron chi connectivity index (χ3n) is 1.20. The van der Waals surface area contributed by atoms with Crippen molar-refractivity contribution in [2.45, 2.75) is 20.8 Å². The number of carbonyl (C=O) groups is 3. The van der Waals surface area contributed by atoms with Gasteiger partial charge in [-0.3, -0.25) is 0 Å². The van der Waals surface area contributed by atoms with E-state index in [1.807, 2.05) is 0 Å². The van der Waals surface area contributed by atoms with Crippen LogP contribution < -0.4 is 0 Å². The van der Waals surface area contributed by atoms with Crippen molar-refractivity contribution in [3.63, 3.8) is 0 Å². The topological polar surface area (TPSA) is 91.3 Å². The summed E-state index contributed by atoms with van der Waals surface area (Å²) >= 11 is 0. The van der Waals surface area contributed by atoms with Gasteiger partial charge in [-0.1, -0.05) is 5.16 Å². The molecule has 0 aliphatic heterocycles. The lowest BCUT2D eigenvalue weighted by Gasteiger charge is -2.04. The van der Waals surface area contributed by atoms with Gasteiger partial charge in [0.2, 0.25) is 0 Å². The summed E-state index contributed by atoms with van der Waals surface area (Å²) in [4.78, 5) is 37.1. The molecule has 0 saturated carbocycles. The molecule has 0 N–H and O–H groups in total. The van der Waals surface area contributed by atoms with Gasteiger partial charge in [0.25, 0.3) is 5.71 Å². The second-order valence-electron chi connectivity index (χ2n) is 2.46. The first-order valence-electron chi connectivity index (χ1n) is 4.62. The van der Waals surface area contributed by atoms with Crippen LogP contribution in [0.2, 0.25) is 0 Å². The zero-order valence-electron chi connectivity index (χ0n) is 9.31. The normalized spacial score (nSPS) is 8.94. The minimum absolute atomic E-state index is 0.0668. The zero-order valence-corrected chi connectivity index (χ0v) is 9.31. The second-order valence-corrected chi connectivity index (χ2v) is 2.46. The first-order chi connectivity index (χ1) is 7.52. The Morgan fingerprint density at radius 2 is 1.44 bits per heavy atom. The van der Waals surface area contributed by atoms with Crippen molar-refractivity contribution in [2.24, 2.45) is 5.16 Å². The van der Waals surface area contributed by atoms with Crippen LogP contribution in [0.25, 0.3) is 0 Å². The lowest BCUT2D eigenvalue weighted by Crippen LogP contribution is -2.29. The molecule has 0 bridgehead atoms. The van der Waals surface area contributed by atoms with Crippen molar-refractivity contribution in [1.29, 1.82) is 0 Å². The average Bonchev–Trinajstić information content (AvgIpc) is 2.18. The number of carbonyl (C=O) groups excluding carboxylic acids is 3. The van der Waals surface area contributed by atoms with E-state index in [1.54, 1.807) is 13.8 Å². The summed E-state index contributed by atoms with van der Waals surface area (Å²) in [6.07, 6.45) is 0. The number of oxime groups is 1. The van der Waals surface area contributed by atoms with E-state index < -0.39 is 23.6 Å². The monoisotopic (exact) mass is 231 g/mol. The quantitative estimate of drug-likeness (QED) is 0.218. The molecule has 0 aliphatic rings. The number of rotatable bonds is 5. The Morgan fingerprint density at radius 1 is 1.00 bits per heavy atom. The molecule has 0 atom stereocenters. The van der Waals surface area contributed by atoms with Crippen molar-refractivity contribution < 1.29 is 28.7 Å². The predicted molar refractivity (Wildman–Crippen MR) is 52.5 cm³/mol. The molecular weight excluding hydrogens is 218 g/mol. The van der Waals surface area contributed by atoms with E-state index in [2.05, 4.69) is 19.5 Å². The largest absolute Gasteiger partial charge is 0.461 e. The molecule has 0 fully saturated rings. The summed E-state index contributed by atoms with van der Waals surface area (Å²) < 4.78 is 9.08. The summed E-state index contributed by atoms with van der Waals surface area (Å²) in [5.41, 5.74) is -0.695. The third kappa shape index (κ3) is 5.08. The minimum atomic E-state index is -0.998. The van der Waals surface area contributed by atoms with Crippen LogP contribution in [0.4, 0.5) is 0 Å². The summed E-state index contributed by atoms with van der Waals surface area (Å²) in [6.45, 7) is 4.34. The summed E-state index contributed by atoms with van der Waals surface area (Å²) in [5.74, 6) is -2.75. The number of ether oxygens (including phenoxy) is 2. The van der Waals surface area contributed by atoms with Crippen molar-refractivity contribution in [3.8, 4) is 0 Å². The van der Waals surface area contributed by atoms with Gasteiger partial charge in [0.1, 0.15) is 0 Å². The molecule has 0 aromatic heterocycles.